The van der Waals surface area contributed by atoms with Crippen LogP contribution in [-0.4, -0.2) is 20.8 Å². The van der Waals surface area contributed by atoms with Gasteiger partial charge in [0.05, 0.1) is 17.6 Å². The Balaban J connectivity index is 1.72. The van der Waals surface area contributed by atoms with Gasteiger partial charge in [0.15, 0.2) is 5.82 Å². The maximum Gasteiger partial charge on any atom is 0.164 e. The highest BCUT2D eigenvalue weighted by molar-refractivity contribution is 9.10. The highest BCUT2D eigenvalue weighted by Crippen LogP contribution is 2.22. The van der Waals surface area contributed by atoms with Crippen molar-refractivity contribution in [2.45, 2.75) is 32.0 Å². The molecule has 0 spiro atoms. The fourth-order valence-electron chi connectivity index (χ4n) is 1.89. The van der Waals surface area contributed by atoms with Gasteiger partial charge >= 0.3 is 0 Å². The molecule has 1 saturated carbocycles. The maximum absolute atomic E-state index is 13.9. The Bertz CT molecular complexity index is 625. The first-order chi connectivity index (χ1) is 9.63. The molecule has 106 valence electrons. The van der Waals surface area contributed by atoms with Crippen LogP contribution in [0.2, 0.25) is 0 Å². The van der Waals surface area contributed by atoms with Crippen LogP contribution in [0.5, 0.6) is 0 Å². The summed E-state index contributed by atoms with van der Waals surface area (Å²) >= 11 is 3.05. The van der Waals surface area contributed by atoms with Crippen LogP contribution in [0.25, 0.3) is 0 Å². The molecular formula is C13H13BrF2N4. The molecule has 0 atom stereocenters. The molecule has 0 saturated heterocycles. The second kappa shape index (κ2) is 5.57. The van der Waals surface area contributed by atoms with Gasteiger partial charge in [-0.1, -0.05) is 0 Å². The molecule has 7 heteroatoms. The summed E-state index contributed by atoms with van der Waals surface area (Å²) in [6, 6.07) is 3.15. The van der Waals surface area contributed by atoms with Crippen molar-refractivity contribution >= 4 is 15.9 Å². The molecule has 2 aromatic rings. The molecular weight excluding hydrogens is 330 g/mol. The third kappa shape index (κ3) is 3.04. The van der Waals surface area contributed by atoms with E-state index in [-0.39, 0.29) is 16.6 Å². The SMILES string of the molecule is Fc1ccc(Br)c(F)c1Cn1cnc(CNC2CC2)n1. The van der Waals surface area contributed by atoms with Gasteiger partial charge in [0, 0.05) is 11.6 Å². The molecule has 3 rings (SSSR count). The lowest BCUT2D eigenvalue weighted by Gasteiger charge is -2.06. The van der Waals surface area contributed by atoms with Crippen LogP contribution >= 0.6 is 15.9 Å². The molecule has 1 heterocycles. The van der Waals surface area contributed by atoms with Crippen LogP contribution in [0.1, 0.15) is 24.2 Å². The molecule has 1 aromatic heterocycles. The fourth-order valence-corrected chi connectivity index (χ4v) is 2.26. The number of nitrogens with zero attached hydrogens (tertiary/aromatic N) is 3. The number of benzene rings is 1. The summed E-state index contributed by atoms with van der Waals surface area (Å²) in [5, 5.41) is 7.50. The van der Waals surface area contributed by atoms with Crippen LogP contribution in [0, 0.1) is 11.6 Å². The van der Waals surface area contributed by atoms with Crippen molar-refractivity contribution in [1.29, 1.82) is 0 Å². The second-order valence-corrected chi connectivity index (χ2v) is 5.69. The van der Waals surface area contributed by atoms with Gasteiger partial charge in [-0.15, -0.1) is 0 Å². The second-order valence-electron chi connectivity index (χ2n) is 4.84. The normalized spacial score (nSPS) is 14.8. The molecule has 1 aliphatic rings. The topological polar surface area (TPSA) is 42.7 Å². The summed E-state index contributed by atoms with van der Waals surface area (Å²) < 4.78 is 29.2. The zero-order chi connectivity index (χ0) is 14.1. The minimum atomic E-state index is -0.599. The summed E-state index contributed by atoms with van der Waals surface area (Å²) in [5.74, 6) is -0.551. The van der Waals surface area contributed by atoms with E-state index < -0.39 is 11.6 Å². The number of rotatable bonds is 5. The van der Waals surface area contributed by atoms with Gasteiger partial charge in [0.1, 0.15) is 18.0 Å². The fraction of sp³-hybridized carbons (Fsp3) is 0.385. The molecule has 4 nitrogen and oxygen atoms in total. The van der Waals surface area contributed by atoms with E-state index in [1.807, 2.05) is 0 Å². The zero-order valence-electron chi connectivity index (χ0n) is 10.6. The molecule has 20 heavy (non-hydrogen) atoms. The Hall–Kier alpha value is -1.34. The first kappa shape index (κ1) is 13.6. The van der Waals surface area contributed by atoms with Crippen molar-refractivity contribution in [2.24, 2.45) is 0 Å². The van der Waals surface area contributed by atoms with Crippen molar-refractivity contribution in [3.63, 3.8) is 0 Å². The number of hydrogen-bond acceptors (Lipinski definition) is 3. The Morgan fingerprint density at radius 3 is 2.90 bits per heavy atom. The lowest BCUT2D eigenvalue weighted by atomic mass is 10.2. The van der Waals surface area contributed by atoms with Crippen LogP contribution in [0.4, 0.5) is 8.78 Å². The summed E-state index contributed by atoms with van der Waals surface area (Å²) in [4.78, 5) is 4.13. The minimum Gasteiger partial charge on any atom is -0.307 e. The summed E-state index contributed by atoms with van der Waals surface area (Å²) in [5.41, 5.74) is -0.0222. The van der Waals surface area contributed by atoms with E-state index in [9.17, 15) is 8.78 Å². The lowest BCUT2D eigenvalue weighted by molar-refractivity contribution is 0.526. The maximum atomic E-state index is 13.9. The monoisotopic (exact) mass is 342 g/mol. The summed E-state index contributed by atoms with van der Waals surface area (Å²) in [6.07, 6.45) is 3.87. The van der Waals surface area contributed by atoms with E-state index >= 15 is 0 Å². The molecule has 0 unspecified atom stereocenters. The van der Waals surface area contributed by atoms with Crippen molar-refractivity contribution in [2.75, 3.05) is 0 Å². The van der Waals surface area contributed by atoms with E-state index in [2.05, 4.69) is 31.3 Å². The predicted molar refractivity (Wildman–Crippen MR) is 73.0 cm³/mol. The van der Waals surface area contributed by atoms with Gasteiger partial charge in [-0.3, -0.25) is 0 Å². The third-order valence-corrected chi connectivity index (χ3v) is 3.78. The Morgan fingerprint density at radius 2 is 2.15 bits per heavy atom. The third-order valence-electron chi connectivity index (χ3n) is 3.17. The van der Waals surface area contributed by atoms with Crippen molar-refractivity contribution in [1.82, 2.24) is 20.1 Å². The van der Waals surface area contributed by atoms with E-state index in [4.69, 9.17) is 0 Å². The number of halogens is 3. The van der Waals surface area contributed by atoms with Crippen molar-refractivity contribution in [3.8, 4) is 0 Å². The first-order valence-corrected chi connectivity index (χ1v) is 7.17. The summed E-state index contributed by atoms with van der Waals surface area (Å²) in [6.45, 7) is 0.606. The molecule has 1 aromatic carbocycles. The highest BCUT2D eigenvalue weighted by Gasteiger charge is 2.20. The zero-order valence-corrected chi connectivity index (χ0v) is 12.2. The Labute approximate surface area is 123 Å². The Kier molecular flexibility index (Phi) is 3.80. The number of nitrogens with one attached hydrogen (secondary N) is 1. The van der Waals surface area contributed by atoms with Gasteiger partial charge in [0.2, 0.25) is 0 Å². The van der Waals surface area contributed by atoms with Gasteiger partial charge in [0.25, 0.3) is 0 Å². The average Bonchev–Trinajstić information content (AvgIpc) is 3.16. The first-order valence-electron chi connectivity index (χ1n) is 6.37. The van der Waals surface area contributed by atoms with Crippen LogP contribution in [0.15, 0.2) is 22.9 Å². The van der Waals surface area contributed by atoms with Gasteiger partial charge in [-0.2, -0.15) is 5.10 Å². The lowest BCUT2D eigenvalue weighted by Crippen LogP contribution is -2.16. The van der Waals surface area contributed by atoms with E-state index in [1.54, 1.807) is 0 Å². The van der Waals surface area contributed by atoms with E-state index in [1.165, 1.54) is 36.0 Å². The van der Waals surface area contributed by atoms with Crippen LogP contribution in [-0.2, 0) is 13.1 Å². The average molecular weight is 343 g/mol. The number of aromatic nitrogens is 3. The quantitative estimate of drug-likeness (QED) is 0.849. The van der Waals surface area contributed by atoms with Gasteiger partial charge < -0.3 is 5.32 Å². The predicted octanol–water partition coefficient (Wildman–Crippen LogP) is 2.62. The van der Waals surface area contributed by atoms with Gasteiger partial charge in [-0.05, 0) is 40.9 Å². The molecule has 0 radical (unpaired) electrons. The van der Waals surface area contributed by atoms with Crippen LogP contribution < -0.4 is 5.32 Å². The number of hydrogen-bond donors (Lipinski definition) is 1. The minimum absolute atomic E-state index is 0.0214. The molecule has 0 bridgehead atoms. The van der Waals surface area contributed by atoms with Crippen molar-refractivity contribution in [3.05, 3.63) is 46.0 Å². The summed E-state index contributed by atoms with van der Waals surface area (Å²) in [7, 11) is 0. The van der Waals surface area contributed by atoms with E-state index in [0.717, 1.165) is 0 Å². The smallest absolute Gasteiger partial charge is 0.164 e. The van der Waals surface area contributed by atoms with Gasteiger partial charge in [-0.25, -0.2) is 18.4 Å². The van der Waals surface area contributed by atoms with Crippen molar-refractivity contribution < 1.29 is 8.78 Å². The van der Waals surface area contributed by atoms with E-state index in [0.29, 0.717) is 18.4 Å². The molecule has 1 aliphatic carbocycles. The molecule has 1 N–H and O–H groups in total. The molecule has 0 amide bonds. The molecule has 0 aliphatic heterocycles. The standard InChI is InChI=1S/C13H13BrF2N4/c14-10-3-4-11(15)9(13(10)16)6-20-7-18-12(19-20)5-17-8-1-2-8/h3-4,7-8,17H,1-2,5-6H2. The highest BCUT2D eigenvalue weighted by atomic mass is 79.9. The molecule has 1 fully saturated rings. The van der Waals surface area contributed by atoms with Crippen LogP contribution in [0.3, 0.4) is 0 Å². The largest absolute Gasteiger partial charge is 0.307 e. The Morgan fingerprint density at radius 1 is 1.35 bits per heavy atom.